The van der Waals surface area contributed by atoms with Crippen LogP contribution >= 0.6 is 0 Å². The molecule has 6 heteroatoms. The normalized spacial score (nSPS) is 11.1. The van der Waals surface area contributed by atoms with Crippen molar-refractivity contribution in [3.63, 3.8) is 0 Å². The van der Waals surface area contributed by atoms with Gasteiger partial charge in [0.2, 0.25) is 5.91 Å². The number of Topliss-reactive ketones (excluding diaryl/α,β-unsaturated/α-hetero) is 1. The van der Waals surface area contributed by atoms with E-state index < -0.39 is 23.3 Å². The number of benzene rings is 1. The molecule has 1 amide bonds. The summed E-state index contributed by atoms with van der Waals surface area (Å²) in [7, 11) is 0. The van der Waals surface area contributed by atoms with Crippen molar-refractivity contribution in [2.75, 3.05) is 19.6 Å². The van der Waals surface area contributed by atoms with Gasteiger partial charge >= 0.3 is 0 Å². The summed E-state index contributed by atoms with van der Waals surface area (Å²) in [5, 5.41) is 0. The zero-order valence-electron chi connectivity index (χ0n) is 11.5. The smallest absolute Gasteiger partial charge is 0.231 e. The highest BCUT2D eigenvalue weighted by atomic mass is 19.1. The molecule has 1 aromatic rings. The van der Waals surface area contributed by atoms with E-state index in [9.17, 15) is 18.4 Å². The molecule has 0 heterocycles. The molecule has 2 N–H and O–H groups in total. The van der Waals surface area contributed by atoms with Gasteiger partial charge in [0.05, 0.1) is 18.7 Å². The first kappa shape index (κ1) is 16.2. The van der Waals surface area contributed by atoms with E-state index in [0.717, 1.165) is 18.2 Å². The van der Waals surface area contributed by atoms with Crippen molar-refractivity contribution in [3.8, 4) is 0 Å². The minimum absolute atomic E-state index is 0.0964. The SMILES string of the molecule is CC(C)CN(CC(N)=O)CC(=O)c1cc(F)ccc1F. The summed E-state index contributed by atoms with van der Waals surface area (Å²) < 4.78 is 26.6. The first-order chi connectivity index (χ1) is 9.29. The number of hydrogen-bond donors (Lipinski definition) is 1. The number of halogens is 2. The average molecular weight is 284 g/mol. The maximum atomic E-state index is 13.5. The van der Waals surface area contributed by atoms with Crippen LogP contribution < -0.4 is 5.73 Å². The summed E-state index contributed by atoms with van der Waals surface area (Å²) in [5.41, 5.74) is 4.80. The Labute approximate surface area is 116 Å². The third-order valence-electron chi connectivity index (χ3n) is 2.60. The summed E-state index contributed by atoms with van der Waals surface area (Å²) >= 11 is 0. The van der Waals surface area contributed by atoms with Crippen molar-refractivity contribution >= 4 is 11.7 Å². The second-order valence-corrected chi connectivity index (χ2v) is 5.08. The van der Waals surface area contributed by atoms with Crippen molar-refractivity contribution in [1.29, 1.82) is 0 Å². The van der Waals surface area contributed by atoms with Crippen LogP contribution in [0.25, 0.3) is 0 Å². The summed E-state index contributed by atoms with van der Waals surface area (Å²) in [4.78, 5) is 24.5. The zero-order chi connectivity index (χ0) is 15.3. The lowest BCUT2D eigenvalue weighted by Crippen LogP contribution is -2.39. The lowest BCUT2D eigenvalue weighted by atomic mass is 10.1. The van der Waals surface area contributed by atoms with Crippen LogP contribution in [0.5, 0.6) is 0 Å². The maximum Gasteiger partial charge on any atom is 0.231 e. The van der Waals surface area contributed by atoms with Crippen molar-refractivity contribution in [1.82, 2.24) is 4.90 Å². The van der Waals surface area contributed by atoms with Crippen LogP contribution in [0.1, 0.15) is 24.2 Å². The molecular weight excluding hydrogens is 266 g/mol. The summed E-state index contributed by atoms with van der Waals surface area (Å²) in [6.45, 7) is 4.02. The van der Waals surface area contributed by atoms with E-state index in [1.165, 1.54) is 4.90 Å². The van der Waals surface area contributed by atoms with Crippen LogP contribution in [0.2, 0.25) is 0 Å². The van der Waals surface area contributed by atoms with Crippen LogP contribution in [-0.2, 0) is 4.79 Å². The highest BCUT2D eigenvalue weighted by Gasteiger charge is 2.18. The second kappa shape index (κ2) is 7.09. The number of nitrogens with zero attached hydrogens (tertiary/aromatic N) is 1. The van der Waals surface area contributed by atoms with Crippen molar-refractivity contribution < 1.29 is 18.4 Å². The van der Waals surface area contributed by atoms with Gasteiger partial charge in [-0.15, -0.1) is 0 Å². The fraction of sp³-hybridized carbons (Fsp3) is 0.429. The van der Waals surface area contributed by atoms with Crippen molar-refractivity contribution in [3.05, 3.63) is 35.4 Å². The van der Waals surface area contributed by atoms with Gasteiger partial charge < -0.3 is 5.73 Å². The van der Waals surface area contributed by atoms with Crippen LogP contribution in [0, 0.1) is 17.6 Å². The van der Waals surface area contributed by atoms with Gasteiger partial charge in [0.25, 0.3) is 0 Å². The van der Waals surface area contributed by atoms with Gasteiger partial charge in [-0.2, -0.15) is 0 Å². The number of rotatable bonds is 7. The minimum Gasteiger partial charge on any atom is -0.369 e. The molecule has 0 aliphatic rings. The first-order valence-corrected chi connectivity index (χ1v) is 6.28. The van der Waals surface area contributed by atoms with Crippen molar-refractivity contribution in [2.24, 2.45) is 11.7 Å². The number of hydrogen-bond acceptors (Lipinski definition) is 3. The number of ketones is 1. The maximum absolute atomic E-state index is 13.5. The van der Waals surface area contributed by atoms with Gasteiger partial charge in [-0.05, 0) is 24.1 Å². The minimum atomic E-state index is -0.778. The number of carbonyl (C=O) groups excluding carboxylic acids is 2. The van der Waals surface area contributed by atoms with E-state index in [0.29, 0.717) is 6.54 Å². The van der Waals surface area contributed by atoms with Gasteiger partial charge in [-0.1, -0.05) is 13.8 Å². The molecule has 0 spiro atoms. The van der Waals surface area contributed by atoms with Crippen LogP contribution in [0.4, 0.5) is 8.78 Å². The summed E-state index contributed by atoms with van der Waals surface area (Å²) in [5.74, 6) is -2.40. The molecule has 0 fully saturated rings. The summed E-state index contributed by atoms with van der Waals surface area (Å²) in [6, 6.07) is 2.71. The topological polar surface area (TPSA) is 63.4 Å². The van der Waals surface area contributed by atoms with E-state index in [1.807, 2.05) is 13.8 Å². The fourth-order valence-electron chi connectivity index (χ4n) is 1.92. The standard InChI is InChI=1S/C14H18F2N2O2/c1-9(2)6-18(8-14(17)20)7-13(19)11-5-10(15)3-4-12(11)16/h3-5,9H,6-8H2,1-2H3,(H2,17,20). The van der Waals surface area contributed by atoms with Crippen LogP contribution in [-0.4, -0.2) is 36.2 Å². The number of amides is 1. The van der Waals surface area contributed by atoms with E-state index in [1.54, 1.807) is 0 Å². The predicted octanol–water partition coefficient (Wildman–Crippen LogP) is 1.59. The fourth-order valence-corrected chi connectivity index (χ4v) is 1.92. The number of carbonyl (C=O) groups is 2. The molecule has 0 aliphatic carbocycles. The molecule has 0 atom stereocenters. The van der Waals surface area contributed by atoms with Crippen LogP contribution in [0.3, 0.4) is 0 Å². The lowest BCUT2D eigenvalue weighted by molar-refractivity contribution is -0.119. The Morgan fingerprint density at radius 1 is 1.25 bits per heavy atom. The Morgan fingerprint density at radius 2 is 1.90 bits per heavy atom. The molecule has 1 rings (SSSR count). The quantitative estimate of drug-likeness (QED) is 0.773. The Bertz CT molecular complexity index is 504. The predicted molar refractivity (Wildman–Crippen MR) is 71.2 cm³/mol. The molecule has 0 radical (unpaired) electrons. The van der Waals surface area contributed by atoms with Gasteiger partial charge in [0, 0.05) is 6.54 Å². The Kier molecular flexibility index (Phi) is 5.76. The zero-order valence-corrected chi connectivity index (χ0v) is 11.5. The highest BCUT2D eigenvalue weighted by Crippen LogP contribution is 2.11. The highest BCUT2D eigenvalue weighted by molar-refractivity contribution is 5.98. The summed E-state index contributed by atoms with van der Waals surface area (Å²) in [6.07, 6.45) is 0. The van der Waals surface area contributed by atoms with Gasteiger partial charge in [-0.25, -0.2) is 8.78 Å². The third kappa shape index (κ3) is 5.05. The average Bonchev–Trinajstić information content (AvgIpc) is 2.30. The molecule has 0 bridgehead atoms. The molecule has 20 heavy (non-hydrogen) atoms. The monoisotopic (exact) mass is 284 g/mol. The van der Waals surface area contributed by atoms with Crippen molar-refractivity contribution in [2.45, 2.75) is 13.8 Å². The molecule has 0 saturated carbocycles. The third-order valence-corrected chi connectivity index (χ3v) is 2.60. The molecule has 0 saturated heterocycles. The molecule has 0 aromatic heterocycles. The lowest BCUT2D eigenvalue weighted by Gasteiger charge is -2.22. The van der Waals surface area contributed by atoms with E-state index in [2.05, 4.69) is 0 Å². The van der Waals surface area contributed by atoms with E-state index >= 15 is 0 Å². The molecule has 1 aromatic carbocycles. The Morgan fingerprint density at radius 3 is 2.45 bits per heavy atom. The Balaban J connectivity index is 2.84. The molecule has 0 aliphatic heterocycles. The molecular formula is C14H18F2N2O2. The number of primary amides is 1. The van der Waals surface area contributed by atoms with Gasteiger partial charge in [0.15, 0.2) is 5.78 Å². The second-order valence-electron chi connectivity index (χ2n) is 5.08. The molecule has 4 nitrogen and oxygen atoms in total. The van der Waals surface area contributed by atoms with Gasteiger partial charge in [0.1, 0.15) is 11.6 Å². The van der Waals surface area contributed by atoms with E-state index in [-0.39, 0.29) is 24.6 Å². The van der Waals surface area contributed by atoms with E-state index in [4.69, 9.17) is 5.73 Å². The first-order valence-electron chi connectivity index (χ1n) is 6.28. The molecule has 110 valence electrons. The van der Waals surface area contributed by atoms with Crippen LogP contribution in [0.15, 0.2) is 18.2 Å². The largest absolute Gasteiger partial charge is 0.369 e. The Hall–Kier alpha value is -1.82. The molecule has 0 unspecified atom stereocenters. The number of nitrogens with two attached hydrogens (primary N) is 1. The van der Waals surface area contributed by atoms with Gasteiger partial charge in [-0.3, -0.25) is 14.5 Å².